The zero-order valence-electron chi connectivity index (χ0n) is 28.0. The topological polar surface area (TPSA) is 188 Å². The lowest BCUT2D eigenvalue weighted by Crippen LogP contribution is -2.55. The third-order valence-electron chi connectivity index (χ3n) is 7.77. The molecule has 11 heteroatoms. The Balaban J connectivity index is 2.84. The summed E-state index contributed by atoms with van der Waals surface area (Å²) in [5.74, 6) is -7.13. The highest BCUT2D eigenvalue weighted by Gasteiger charge is 2.49. The van der Waals surface area contributed by atoms with E-state index >= 15 is 0 Å². The molecule has 262 valence electrons. The van der Waals surface area contributed by atoms with E-state index in [0.29, 0.717) is 43.6 Å². The molecule has 1 aromatic carbocycles. The summed E-state index contributed by atoms with van der Waals surface area (Å²) in [4.78, 5) is 60.9. The van der Waals surface area contributed by atoms with Crippen molar-refractivity contribution in [3.63, 3.8) is 0 Å². The SMILES string of the molecule is CCCCCCCC(=O)CCCCCCC=C[C@H](C(=O)N[C@@H](Cc1ccc(OCC=C(C)C)cc1)C(=O)O)[C@@](O)(CC(=O)O)C(=O)O. The molecule has 0 spiro atoms. The second-order valence-electron chi connectivity index (χ2n) is 12.2. The molecule has 1 rings (SSSR count). The second kappa shape index (κ2) is 22.5. The number of allylic oxidation sites excluding steroid dienone is 2. The zero-order valence-corrected chi connectivity index (χ0v) is 28.0. The van der Waals surface area contributed by atoms with Crippen LogP contribution in [0.25, 0.3) is 0 Å². The number of ether oxygens (including phenoxy) is 1. The lowest BCUT2D eigenvalue weighted by atomic mass is 9.82. The van der Waals surface area contributed by atoms with E-state index in [-0.39, 0.29) is 12.2 Å². The van der Waals surface area contributed by atoms with Crippen LogP contribution in [0.2, 0.25) is 0 Å². The van der Waals surface area contributed by atoms with E-state index in [9.17, 15) is 44.4 Å². The van der Waals surface area contributed by atoms with Crippen LogP contribution in [-0.2, 0) is 30.4 Å². The smallest absolute Gasteiger partial charge is 0.337 e. The maximum absolute atomic E-state index is 13.3. The summed E-state index contributed by atoms with van der Waals surface area (Å²) in [6.45, 7) is 6.40. The number of carbonyl (C=O) groups is 5. The van der Waals surface area contributed by atoms with E-state index in [2.05, 4.69) is 12.2 Å². The highest BCUT2D eigenvalue weighted by molar-refractivity contribution is 5.94. The van der Waals surface area contributed by atoms with Crippen LogP contribution in [0.5, 0.6) is 5.75 Å². The largest absolute Gasteiger partial charge is 0.490 e. The molecule has 0 radical (unpaired) electrons. The first-order valence-corrected chi connectivity index (χ1v) is 16.5. The molecule has 3 atom stereocenters. The predicted molar refractivity (Wildman–Crippen MR) is 178 cm³/mol. The molecule has 0 aliphatic heterocycles. The number of aliphatic hydroxyl groups is 1. The maximum Gasteiger partial charge on any atom is 0.337 e. The summed E-state index contributed by atoms with van der Waals surface area (Å²) in [6.07, 6.45) is 13.2. The predicted octanol–water partition coefficient (Wildman–Crippen LogP) is 5.88. The van der Waals surface area contributed by atoms with Gasteiger partial charge >= 0.3 is 17.9 Å². The van der Waals surface area contributed by atoms with Gasteiger partial charge in [-0.2, -0.15) is 0 Å². The standard InChI is InChI=1S/C36H53NO10/c1-4-5-6-9-12-15-28(38)16-13-10-7-8-11-14-17-30(36(46,35(44)45)25-32(39)40)33(41)37-31(34(42)43)24-27-18-20-29(21-19-27)47-23-22-26(2)3/h14,17-22,30-31,46H,4-13,15-16,23-25H2,1-3H3,(H,37,41)(H,39,40)(H,42,43)(H,44,45)/t30-,31+,36+/m1/s1. The Hall–Kier alpha value is -3.99. The van der Waals surface area contributed by atoms with Gasteiger partial charge in [-0.3, -0.25) is 14.4 Å². The van der Waals surface area contributed by atoms with E-state index in [0.717, 1.165) is 56.6 Å². The molecule has 1 amide bonds. The van der Waals surface area contributed by atoms with Crippen LogP contribution in [0.1, 0.15) is 110 Å². The van der Waals surface area contributed by atoms with Crippen molar-refractivity contribution in [2.45, 2.75) is 122 Å². The van der Waals surface area contributed by atoms with Gasteiger partial charge < -0.3 is 30.5 Å². The van der Waals surface area contributed by atoms with Crippen molar-refractivity contribution in [2.75, 3.05) is 6.61 Å². The normalized spacial score (nSPS) is 13.7. The fourth-order valence-corrected chi connectivity index (χ4v) is 4.96. The fourth-order valence-electron chi connectivity index (χ4n) is 4.96. The summed E-state index contributed by atoms with van der Waals surface area (Å²) in [6, 6.07) is 5.10. The number of benzene rings is 1. The van der Waals surface area contributed by atoms with Gasteiger partial charge in [-0.15, -0.1) is 0 Å². The highest BCUT2D eigenvalue weighted by atomic mass is 16.5. The van der Waals surface area contributed by atoms with Crippen molar-refractivity contribution in [3.05, 3.63) is 53.6 Å². The Labute approximate surface area is 278 Å². The molecule has 0 bridgehead atoms. The fraction of sp³-hybridized carbons (Fsp3) is 0.583. The van der Waals surface area contributed by atoms with Crippen molar-refractivity contribution in [1.29, 1.82) is 0 Å². The number of hydrogen-bond acceptors (Lipinski definition) is 7. The lowest BCUT2D eigenvalue weighted by molar-refractivity contribution is -0.172. The van der Waals surface area contributed by atoms with E-state index in [1.54, 1.807) is 24.3 Å². The van der Waals surface area contributed by atoms with Crippen LogP contribution in [0, 0.1) is 5.92 Å². The molecule has 0 heterocycles. The summed E-state index contributed by atoms with van der Waals surface area (Å²) in [5, 5.41) is 42.1. The van der Waals surface area contributed by atoms with Crippen molar-refractivity contribution < 1.29 is 49.1 Å². The Morgan fingerprint density at radius 2 is 1.47 bits per heavy atom. The number of carbonyl (C=O) groups excluding carboxylic acids is 2. The zero-order chi connectivity index (χ0) is 35.2. The molecule has 0 fully saturated rings. The average Bonchev–Trinajstić information content (AvgIpc) is 2.99. The van der Waals surface area contributed by atoms with Gasteiger partial charge in [0.1, 0.15) is 24.2 Å². The average molecular weight is 660 g/mol. The summed E-state index contributed by atoms with van der Waals surface area (Å²) in [5.41, 5.74) is -1.38. The number of unbranched alkanes of at least 4 members (excludes halogenated alkanes) is 8. The number of rotatable bonds is 26. The Morgan fingerprint density at radius 1 is 0.872 bits per heavy atom. The molecule has 5 N–H and O–H groups in total. The van der Waals surface area contributed by atoms with Crippen molar-refractivity contribution in [2.24, 2.45) is 5.92 Å². The Bertz CT molecular complexity index is 1200. The molecule has 0 saturated heterocycles. The molecule has 1 aromatic rings. The number of hydrogen-bond donors (Lipinski definition) is 5. The molecule has 0 unspecified atom stereocenters. The number of ketones is 1. The van der Waals surface area contributed by atoms with E-state index in [1.807, 2.05) is 19.9 Å². The molecule has 0 saturated carbocycles. The molecular formula is C36H53NO10. The quantitative estimate of drug-likeness (QED) is 0.0594. The number of aliphatic carboxylic acids is 3. The maximum atomic E-state index is 13.3. The van der Waals surface area contributed by atoms with E-state index in [1.165, 1.54) is 12.5 Å². The van der Waals surface area contributed by atoms with Crippen LogP contribution in [0.4, 0.5) is 0 Å². The summed E-state index contributed by atoms with van der Waals surface area (Å²) >= 11 is 0. The van der Waals surface area contributed by atoms with Gasteiger partial charge in [0.05, 0.1) is 12.3 Å². The monoisotopic (exact) mass is 659 g/mol. The number of carboxylic acid groups (broad SMARTS) is 3. The molecular weight excluding hydrogens is 606 g/mol. The highest BCUT2D eigenvalue weighted by Crippen LogP contribution is 2.26. The van der Waals surface area contributed by atoms with Gasteiger partial charge in [-0.25, -0.2) is 9.59 Å². The summed E-state index contributed by atoms with van der Waals surface area (Å²) in [7, 11) is 0. The molecule has 0 aliphatic rings. The third-order valence-corrected chi connectivity index (χ3v) is 7.77. The molecule has 0 aromatic heterocycles. The first-order chi connectivity index (χ1) is 22.3. The molecule has 47 heavy (non-hydrogen) atoms. The van der Waals surface area contributed by atoms with Gasteiger partial charge in [-0.05, 0) is 63.3 Å². The van der Waals surface area contributed by atoms with Crippen LogP contribution in [0.3, 0.4) is 0 Å². The minimum absolute atomic E-state index is 0.155. The van der Waals surface area contributed by atoms with Gasteiger partial charge in [-0.1, -0.05) is 75.3 Å². The van der Waals surface area contributed by atoms with Gasteiger partial charge in [0.15, 0.2) is 5.60 Å². The number of Topliss-reactive ketones (excluding diaryl/α,β-unsaturated/α-hetero) is 1. The number of nitrogens with one attached hydrogen (secondary N) is 1. The van der Waals surface area contributed by atoms with E-state index in [4.69, 9.17) is 4.74 Å². The van der Waals surface area contributed by atoms with E-state index < -0.39 is 47.8 Å². The van der Waals surface area contributed by atoms with Gasteiger partial charge in [0, 0.05) is 19.3 Å². The van der Waals surface area contributed by atoms with Gasteiger partial charge in [0.25, 0.3) is 0 Å². The Kier molecular flexibility index (Phi) is 19.7. The first-order valence-electron chi connectivity index (χ1n) is 16.5. The molecule has 0 aliphatic carbocycles. The lowest BCUT2D eigenvalue weighted by Gasteiger charge is -2.29. The van der Waals surface area contributed by atoms with Crippen LogP contribution >= 0.6 is 0 Å². The van der Waals surface area contributed by atoms with Gasteiger partial charge in [0.2, 0.25) is 5.91 Å². The number of carboxylic acids is 3. The molecule has 11 nitrogen and oxygen atoms in total. The van der Waals surface area contributed by atoms with Crippen molar-refractivity contribution in [1.82, 2.24) is 5.32 Å². The van der Waals surface area contributed by atoms with Crippen molar-refractivity contribution >= 4 is 29.6 Å². The van der Waals surface area contributed by atoms with Crippen LogP contribution in [0.15, 0.2) is 48.1 Å². The minimum atomic E-state index is -3.02. The van der Waals surface area contributed by atoms with Crippen LogP contribution in [-0.4, -0.2) is 68.3 Å². The second-order valence-corrected chi connectivity index (χ2v) is 12.2. The minimum Gasteiger partial charge on any atom is -0.490 e. The van der Waals surface area contributed by atoms with Crippen molar-refractivity contribution in [3.8, 4) is 5.75 Å². The summed E-state index contributed by atoms with van der Waals surface area (Å²) < 4.78 is 5.60. The first kappa shape index (κ1) is 41.0. The third kappa shape index (κ3) is 16.9. The Morgan fingerprint density at radius 3 is 2.00 bits per heavy atom. The van der Waals surface area contributed by atoms with Crippen LogP contribution < -0.4 is 10.1 Å². The number of amides is 1.